The zero-order valence-electron chi connectivity index (χ0n) is 5.42. The zero-order chi connectivity index (χ0) is 7.40. The Morgan fingerprint density at radius 1 is 1.30 bits per heavy atom. The van der Waals surface area contributed by atoms with Gasteiger partial charge in [0, 0.05) is 0 Å². The van der Waals surface area contributed by atoms with Crippen LogP contribution in [0.25, 0.3) is 0 Å². The second-order valence-corrected chi connectivity index (χ2v) is 2.38. The fraction of sp³-hybridized carbons (Fsp3) is 0.143. The Hall–Kier alpha value is -0.570. The summed E-state index contributed by atoms with van der Waals surface area (Å²) in [4.78, 5) is 0. The SMILES string of the molecule is NNC(Cl)c1ccccc1. The van der Waals surface area contributed by atoms with Crippen LogP contribution < -0.4 is 11.3 Å². The Labute approximate surface area is 65.0 Å². The van der Waals surface area contributed by atoms with Crippen molar-refractivity contribution in [1.82, 2.24) is 5.43 Å². The molecule has 0 saturated carbocycles. The minimum Gasteiger partial charge on any atom is -0.270 e. The van der Waals surface area contributed by atoms with Crippen molar-refractivity contribution in [2.24, 2.45) is 5.84 Å². The van der Waals surface area contributed by atoms with Gasteiger partial charge in [0.25, 0.3) is 0 Å². The summed E-state index contributed by atoms with van der Waals surface area (Å²) >= 11 is 5.75. The summed E-state index contributed by atoms with van der Waals surface area (Å²) in [6, 6.07) is 9.60. The van der Waals surface area contributed by atoms with E-state index < -0.39 is 0 Å². The van der Waals surface area contributed by atoms with Gasteiger partial charge in [-0.25, -0.2) is 5.43 Å². The van der Waals surface area contributed by atoms with Crippen LogP contribution in [0.4, 0.5) is 0 Å². The molecule has 1 aromatic rings. The maximum Gasteiger partial charge on any atom is 0.120 e. The number of halogens is 1. The molecule has 3 N–H and O–H groups in total. The van der Waals surface area contributed by atoms with Crippen LogP contribution >= 0.6 is 11.6 Å². The van der Waals surface area contributed by atoms with E-state index in [2.05, 4.69) is 5.43 Å². The quantitative estimate of drug-likeness (QED) is 0.294. The largest absolute Gasteiger partial charge is 0.270 e. The summed E-state index contributed by atoms with van der Waals surface area (Å²) in [5.74, 6) is 5.12. The summed E-state index contributed by atoms with van der Waals surface area (Å²) < 4.78 is 0. The Bertz CT molecular complexity index is 188. The number of benzene rings is 1. The van der Waals surface area contributed by atoms with Gasteiger partial charge in [0.05, 0.1) is 0 Å². The third kappa shape index (κ3) is 1.70. The first-order chi connectivity index (χ1) is 4.84. The lowest BCUT2D eigenvalue weighted by Crippen LogP contribution is -2.23. The summed E-state index contributed by atoms with van der Waals surface area (Å²) in [5.41, 5.74) is 3.13. The van der Waals surface area contributed by atoms with Gasteiger partial charge in [0.2, 0.25) is 0 Å². The molecule has 1 atom stereocenters. The molecule has 0 radical (unpaired) electrons. The molecule has 0 bridgehead atoms. The van der Waals surface area contributed by atoms with E-state index in [4.69, 9.17) is 17.4 Å². The second-order valence-electron chi connectivity index (χ2n) is 1.94. The van der Waals surface area contributed by atoms with Gasteiger partial charge in [-0.05, 0) is 5.56 Å². The predicted octanol–water partition coefficient (Wildman–Crippen LogP) is 1.39. The Balaban J connectivity index is 2.75. The number of nitrogens with two attached hydrogens (primary N) is 1. The van der Waals surface area contributed by atoms with E-state index in [-0.39, 0.29) is 5.50 Å². The van der Waals surface area contributed by atoms with Crippen molar-refractivity contribution >= 4 is 11.6 Å². The molecular weight excluding hydrogens is 148 g/mol. The Kier molecular flexibility index (Phi) is 2.68. The van der Waals surface area contributed by atoms with Gasteiger partial charge in [0.15, 0.2) is 0 Å². The fourth-order valence-electron chi connectivity index (χ4n) is 0.718. The third-order valence-electron chi connectivity index (χ3n) is 1.24. The highest BCUT2D eigenvalue weighted by molar-refractivity contribution is 6.20. The van der Waals surface area contributed by atoms with Gasteiger partial charge in [-0.1, -0.05) is 41.9 Å². The van der Waals surface area contributed by atoms with Crippen molar-refractivity contribution in [3.8, 4) is 0 Å². The van der Waals surface area contributed by atoms with E-state index in [1.165, 1.54) is 0 Å². The van der Waals surface area contributed by atoms with Gasteiger partial charge in [-0.2, -0.15) is 0 Å². The Morgan fingerprint density at radius 2 is 1.90 bits per heavy atom. The van der Waals surface area contributed by atoms with Crippen molar-refractivity contribution < 1.29 is 0 Å². The van der Waals surface area contributed by atoms with Crippen molar-refractivity contribution in [2.75, 3.05) is 0 Å². The molecule has 1 unspecified atom stereocenters. The van der Waals surface area contributed by atoms with Crippen LogP contribution in [-0.4, -0.2) is 0 Å². The lowest BCUT2D eigenvalue weighted by atomic mass is 10.2. The molecule has 3 heteroatoms. The highest BCUT2D eigenvalue weighted by Gasteiger charge is 2.01. The molecule has 0 heterocycles. The first kappa shape index (κ1) is 7.54. The molecule has 0 spiro atoms. The molecule has 10 heavy (non-hydrogen) atoms. The van der Waals surface area contributed by atoms with E-state index in [0.717, 1.165) is 5.56 Å². The number of hydrogen-bond donors (Lipinski definition) is 2. The number of hydrogen-bond acceptors (Lipinski definition) is 2. The van der Waals surface area contributed by atoms with Crippen LogP contribution in [0, 0.1) is 0 Å². The highest BCUT2D eigenvalue weighted by atomic mass is 35.5. The van der Waals surface area contributed by atoms with Gasteiger partial charge in [0.1, 0.15) is 5.50 Å². The molecule has 0 aliphatic heterocycles. The maximum absolute atomic E-state index is 5.75. The topological polar surface area (TPSA) is 38.0 Å². The van der Waals surface area contributed by atoms with E-state index in [1.54, 1.807) is 0 Å². The maximum atomic E-state index is 5.75. The molecule has 54 valence electrons. The smallest absolute Gasteiger partial charge is 0.120 e. The zero-order valence-corrected chi connectivity index (χ0v) is 6.18. The first-order valence-corrected chi connectivity index (χ1v) is 3.43. The van der Waals surface area contributed by atoms with Crippen LogP contribution in [0.2, 0.25) is 0 Å². The number of rotatable bonds is 2. The van der Waals surface area contributed by atoms with Crippen molar-refractivity contribution in [3.05, 3.63) is 35.9 Å². The minimum absolute atomic E-state index is 0.291. The lowest BCUT2D eigenvalue weighted by molar-refractivity contribution is 0.713. The van der Waals surface area contributed by atoms with Gasteiger partial charge < -0.3 is 0 Å². The van der Waals surface area contributed by atoms with Crippen LogP contribution in [0.15, 0.2) is 30.3 Å². The predicted molar refractivity (Wildman–Crippen MR) is 42.4 cm³/mol. The highest BCUT2D eigenvalue weighted by Crippen LogP contribution is 2.14. The van der Waals surface area contributed by atoms with E-state index in [0.29, 0.717) is 0 Å². The molecule has 0 aliphatic rings. The summed E-state index contributed by atoms with van der Waals surface area (Å²) in [6.45, 7) is 0. The number of hydrazine groups is 1. The average molecular weight is 157 g/mol. The average Bonchev–Trinajstić information content (AvgIpc) is 2.05. The normalized spacial score (nSPS) is 13.0. The monoisotopic (exact) mass is 156 g/mol. The van der Waals surface area contributed by atoms with Crippen molar-refractivity contribution in [3.63, 3.8) is 0 Å². The van der Waals surface area contributed by atoms with E-state index in [9.17, 15) is 0 Å². The van der Waals surface area contributed by atoms with Crippen molar-refractivity contribution in [1.29, 1.82) is 0 Å². The summed E-state index contributed by atoms with van der Waals surface area (Å²) in [5, 5.41) is 0. The molecule has 0 aliphatic carbocycles. The third-order valence-corrected chi connectivity index (χ3v) is 1.62. The van der Waals surface area contributed by atoms with Crippen LogP contribution in [-0.2, 0) is 0 Å². The molecule has 0 saturated heterocycles. The summed E-state index contributed by atoms with van der Waals surface area (Å²) in [6.07, 6.45) is 0. The van der Waals surface area contributed by atoms with Gasteiger partial charge >= 0.3 is 0 Å². The first-order valence-electron chi connectivity index (χ1n) is 2.99. The van der Waals surface area contributed by atoms with E-state index >= 15 is 0 Å². The van der Waals surface area contributed by atoms with Crippen LogP contribution in [0.5, 0.6) is 0 Å². The van der Waals surface area contributed by atoms with E-state index in [1.807, 2.05) is 30.3 Å². The molecule has 0 aromatic heterocycles. The summed E-state index contributed by atoms with van der Waals surface area (Å²) in [7, 11) is 0. The lowest BCUT2D eigenvalue weighted by Gasteiger charge is -2.05. The second kappa shape index (κ2) is 3.56. The molecule has 0 fully saturated rings. The Morgan fingerprint density at radius 3 is 2.40 bits per heavy atom. The molecule has 2 nitrogen and oxygen atoms in total. The van der Waals surface area contributed by atoms with Crippen molar-refractivity contribution in [2.45, 2.75) is 5.50 Å². The standard InChI is InChI=1S/C7H9ClN2/c8-7(10-9)6-4-2-1-3-5-6/h1-5,7,10H,9H2. The number of alkyl halides is 1. The van der Waals surface area contributed by atoms with Gasteiger partial charge in [-0.15, -0.1) is 0 Å². The fourth-order valence-corrected chi connectivity index (χ4v) is 0.864. The number of nitrogens with one attached hydrogen (secondary N) is 1. The van der Waals surface area contributed by atoms with Crippen LogP contribution in [0.1, 0.15) is 11.1 Å². The minimum atomic E-state index is -0.291. The van der Waals surface area contributed by atoms with Gasteiger partial charge in [-0.3, -0.25) is 5.84 Å². The van der Waals surface area contributed by atoms with Crippen LogP contribution in [0.3, 0.4) is 0 Å². The molecular formula is C7H9ClN2. The molecule has 1 rings (SSSR count). The molecule has 1 aromatic carbocycles. The molecule has 0 amide bonds.